The Balaban J connectivity index is 3.19. The van der Waals surface area contributed by atoms with Gasteiger partial charge in [-0.15, -0.1) is 0 Å². The molecule has 3 N–H and O–H groups in total. The minimum atomic E-state index is -3.35. The van der Waals surface area contributed by atoms with Crippen molar-refractivity contribution in [3.05, 3.63) is 29.3 Å². The van der Waals surface area contributed by atoms with Gasteiger partial charge in [0.15, 0.2) is 9.84 Å². The second-order valence-corrected chi connectivity index (χ2v) is 8.00. The zero-order valence-corrected chi connectivity index (χ0v) is 14.0. The van der Waals surface area contributed by atoms with Crippen LogP contribution in [-0.2, 0) is 9.84 Å². The maximum atomic E-state index is 12.5. The summed E-state index contributed by atoms with van der Waals surface area (Å²) in [6, 6.07) is 4.56. The molecule has 0 saturated heterocycles. The quantitative estimate of drug-likeness (QED) is 0.862. The largest absolute Gasteiger partial charge is 0.345 e. The summed E-state index contributed by atoms with van der Waals surface area (Å²) in [5.41, 5.74) is 6.31. The van der Waals surface area contributed by atoms with Crippen LogP contribution in [0.25, 0.3) is 0 Å². The Kier molecular flexibility index (Phi) is 5.17. The lowest BCUT2D eigenvalue weighted by Gasteiger charge is -2.33. The second kappa shape index (κ2) is 6.15. The zero-order valence-electron chi connectivity index (χ0n) is 13.2. The predicted molar refractivity (Wildman–Crippen MR) is 84.1 cm³/mol. The van der Waals surface area contributed by atoms with E-state index in [4.69, 9.17) is 5.73 Å². The van der Waals surface area contributed by atoms with Gasteiger partial charge < -0.3 is 11.1 Å². The fourth-order valence-corrected chi connectivity index (χ4v) is 2.48. The number of hydrogen-bond donors (Lipinski definition) is 2. The lowest BCUT2D eigenvalue weighted by Crippen LogP contribution is -2.55. The summed E-state index contributed by atoms with van der Waals surface area (Å²) >= 11 is 0. The fourth-order valence-electron chi connectivity index (χ4n) is 1.83. The van der Waals surface area contributed by atoms with E-state index in [1.807, 2.05) is 20.8 Å². The Hall–Kier alpha value is -1.40. The molecule has 6 heteroatoms. The van der Waals surface area contributed by atoms with Crippen LogP contribution in [0.15, 0.2) is 23.1 Å². The first kappa shape index (κ1) is 17.7. The van der Waals surface area contributed by atoms with Crippen molar-refractivity contribution in [2.75, 3.05) is 12.8 Å². The highest BCUT2D eigenvalue weighted by molar-refractivity contribution is 7.90. The van der Waals surface area contributed by atoms with Crippen LogP contribution in [0.3, 0.4) is 0 Å². The topological polar surface area (TPSA) is 89.3 Å². The summed E-state index contributed by atoms with van der Waals surface area (Å²) in [5.74, 6) is -0.149. The van der Waals surface area contributed by atoms with E-state index in [0.29, 0.717) is 12.1 Å². The first-order chi connectivity index (χ1) is 9.51. The molecule has 118 valence electrons. The molecule has 1 atom stereocenters. The maximum Gasteiger partial charge on any atom is 0.252 e. The highest BCUT2D eigenvalue weighted by Gasteiger charge is 2.29. The van der Waals surface area contributed by atoms with Gasteiger partial charge in [-0.1, -0.05) is 19.9 Å². The summed E-state index contributed by atoms with van der Waals surface area (Å²) in [5, 5.41) is 2.92. The van der Waals surface area contributed by atoms with Gasteiger partial charge in [-0.05, 0) is 37.5 Å². The molecular formula is C15H24N2O3S. The minimum absolute atomic E-state index is 0.136. The number of carbonyl (C=O) groups excluding carboxylic acids is 1. The van der Waals surface area contributed by atoms with Crippen LogP contribution in [0.1, 0.15) is 36.7 Å². The number of benzene rings is 1. The minimum Gasteiger partial charge on any atom is -0.345 e. The van der Waals surface area contributed by atoms with Crippen LogP contribution >= 0.6 is 0 Å². The van der Waals surface area contributed by atoms with Gasteiger partial charge in [-0.25, -0.2) is 8.42 Å². The van der Waals surface area contributed by atoms with Crippen LogP contribution in [0.5, 0.6) is 0 Å². The summed E-state index contributed by atoms with van der Waals surface area (Å²) in [4.78, 5) is 12.6. The Morgan fingerprint density at radius 1 is 1.38 bits per heavy atom. The third kappa shape index (κ3) is 4.04. The van der Waals surface area contributed by atoms with Gasteiger partial charge in [0.05, 0.1) is 10.4 Å². The highest BCUT2D eigenvalue weighted by atomic mass is 32.2. The van der Waals surface area contributed by atoms with E-state index in [9.17, 15) is 13.2 Å². The first-order valence-corrected chi connectivity index (χ1v) is 8.73. The van der Waals surface area contributed by atoms with Gasteiger partial charge in [0.25, 0.3) is 5.91 Å². The molecule has 0 spiro atoms. The van der Waals surface area contributed by atoms with E-state index >= 15 is 0 Å². The third-order valence-electron chi connectivity index (χ3n) is 3.98. The normalized spacial score (nSPS) is 14.8. The predicted octanol–water partition coefficient (Wildman–Crippen LogP) is 1.50. The van der Waals surface area contributed by atoms with E-state index in [1.165, 1.54) is 12.1 Å². The van der Waals surface area contributed by atoms with Gasteiger partial charge >= 0.3 is 0 Å². The van der Waals surface area contributed by atoms with Crippen LogP contribution in [-0.4, -0.2) is 32.7 Å². The molecule has 0 aliphatic heterocycles. The average Bonchev–Trinajstić information content (AvgIpc) is 2.37. The second-order valence-electron chi connectivity index (χ2n) is 5.98. The van der Waals surface area contributed by atoms with Crippen LogP contribution in [0.4, 0.5) is 0 Å². The SMILES string of the molecule is Cc1ccc(S(C)(=O)=O)cc1C(=O)NC(C)(CN)C(C)C. The fraction of sp³-hybridized carbons (Fsp3) is 0.533. The summed E-state index contributed by atoms with van der Waals surface area (Å²) in [6.45, 7) is 7.92. The Morgan fingerprint density at radius 2 is 1.95 bits per heavy atom. The van der Waals surface area contributed by atoms with Crippen LogP contribution in [0.2, 0.25) is 0 Å². The monoisotopic (exact) mass is 312 g/mol. The summed E-state index contributed by atoms with van der Waals surface area (Å²) in [6.07, 6.45) is 1.12. The lowest BCUT2D eigenvalue weighted by molar-refractivity contribution is 0.0882. The molecule has 21 heavy (non-hydrogen) atoms. The van der Waals surface area contributed by atoms with Crippen molar-refractivity contribution in [2.45, 2.75) is 38.1 Å². The van der Waals surface area contributed by atoms with E-state index in [0.717, 1.165) is 11.8 Å². The number of sulfone groups is 1. The summed E-state index contributed by atoms with van der Waals surface area (Å²) in [7, 11) is -3.35. The van der Waals surface area contributed by atoms with Crippen molar-refractivity contribution < 1.29 is 13.2 Å². The molecule has 0 aromatic heterocycles. The number of rotatable bonds is 5. The highest BCUT2D eigenvalue weighted by Crippen LogP contribution is 2.19. The van der Waals surface area contributed by atoms with Crippen molar-refractivity contribution in [1.29, 1.82) is 0 Å². The van der Waals surface area contributed by atoms with Crippen LogP contribution < -0.4 is 11.1 Å². The van der Waals surface area contributed by atoms with Gasteiger partial charge in [0.2, 0.25) is 0 Å². The van der Waals surface area contributed by atoms with Crippen molar-refractivity contribution in [3.63, 3.8) is 0 Å². The third-order valence-corrected chi connectivity index (χ3v) is 5.09. The molecule has 5 nitrogen and oxygen atoms in total. The summed E-state index contributed by atoms with van der Waals surface area (Å²) < 4.78 is 23.2. The number of amides is 1. The van der Waals surface area contributed by atoms with Crippen molar-refractivity contribution >= 4 is 15.7 Å². The van der Waals surface area contributed by atoms with Gasteiger partial charge in [0.1, 0.15) is 0 Å². The molecule has 1 aromatic carbocycles. The molecule has 0 aliphatic carbocycles. The van der Waals surface area contributed by atoms with E-state index in [-0.39, 0.29) is 16.7 Å². The molecule has 0 radical (unpaired) electrons. The van der Waals surface area contributed by atoms with Gasteiger partial charge in [-0.3, -0.25) is 4.79 Å². The molecule has 0 bridgehead atoms. The number of hydrogen-bond acceptors (Lipinski definition) is 4. The molecule has 1 unspecified atom stereocenters. The van der Waals surface area contributed by atoms with E-state index < -0.39 is 15.4 Å². The molecular weight excluding hydrogens is 288 g/mol. The Morgan fingerprint density at radius 3 is 2.38 bits per heavy atom. The van der Waals surface area contributed by atoms with E-state index in [1.54, 1.807) is 13.0 Å². The maximum absolute atomic E-state index is 12.5. The molecule has 0 saturated carbocycles. The molecule has 1 aromatic rings. The standard InChI is InChI=1S/C15H24N2O3S/c1-10(2)15(4,9-16)17-14(18)13-8-12(21(5,19)20)7-6-11(13)3/h6-8,10H,9,16H2,1-5H3,(H,17,18). The number of nitrogens with one attached hydrogen (secondary N) is 1. The molecule has 1 amide bonds. The van der Waals surface area contributed by atoms with Crippen molar-refractivity contribution in [2.24, 2.45) is 11.7 Å². The first-order valence-electron chi connectivity index (χ1n) is 6.84. The smallest absolute Gasteiger partial charge is 0.252 e. The number of aryl methyl sites for hydroxylation is 1. The van der Waals surface area contributed by atoms with Crippen molar-refractivity contribution in [3.8, 4) is 0 Å². The number of carbonyl (C=O) groups is 1. The van der Waals surface area contributed by atoms with Crippen LogP contribution in [0, 0.1) is 12.8 Å². The van der Waals surface area contributed by atoms with Gasteiger partial charge in [0, 0.05) is 18.4 Å². The number of nitrogens with two attached hydrogens (primary N) is 1. The van der Waals surface area contributed by atoms with E-state index in [2.05, 4.69) is 5.32 Å². The molecule has 0 heterocycles. The molecule has 1 rings (SSSR count). The molecule has 0 fully saturated rings. The van der Waals surface area contributed by atoms with Crippen molar-refractivity contribution in [1.82, 2.24) is 5.32 Å². The average molecular weight is 312 g/mol. The van der Waals surface area contributed by atoms with Gasteiger partial charge in [-0.2, -0.15) is 0 Å². The lowest BCUT2D eigenvalue weighted by atomic mass is 9.88. The Labute approximate surface area is 126 Å². The Bertz CT molecular complexity index is 638. The zero-order chi connectivity index (χ0) is 16.4. The molecule has 0 aliphatic rings.